The minimum atomic E-state index is -0.509. The van der Waals surface area contributed by atoms with E-state index in [4.69, 9.17) is 0 Å². The van der Waals surface area contributed by atoms with Gasteiger partial charge < -0.3 is 14.2 Å². The Morgan fingerprint density at radius 3 is 2.17 bits per heavy atom. The summed E-state index contributed by atoms with van der Waals surface area (Å²) in [6, 6.07) is 0. The van der Waals surface area contributed by atoms with Gasteiger partial charge in [0.15, 0.2) is 5.69 Å². The minimum Gasteiger partial charge on any atom is -0.464 e. The average molecular weight is 256 g/mol. The number of hydrogen-bond acceptors (Lipinski definition) is 3. The second-order valence-corrected chi connectivity index (χ2v) is 4.37. The maximum Gasteiger partial charge on any atom is 0.356 e. The highest BCUT2D eigenvalue weighted by Crippen LogP contribution is 2.14. The van der Waals surface area contributed by atoms with Crippen LogP contribution in [-0.4, -0.2) is 47.2 Å². The molecule has 1 aromatic rings. The number of imidazole rings is 1. The lowest BCUT2D eigenvalue weighted by Crippen LogP contribution is -2.47. The highest BCUT2D eigenvalue weighted by Gasteiger charge is 2.26. The number of ether oxygens (including phenoxy) is 1. The molecule has 0 bridgehead atoms. The van der Waals surface area contributed by atoms with Crippen molar-refractivity contribution in [1.82, 2.24) is 9.97 Å². The molecule has 0 unspecified atom stereocenters. The second-order valence-electron chi connectivity index (χ2n) is 4.37. The van der Waals surface area contributed by atoms with Gasteiger partial charge in [-0.05, 0) is 20.8 Å². The topological polar surface area (TPSA) is 75.0 Å². The molecule has 0 atom stereocenters. The molecule has 0 saturated carbocycles. The van der Waals surface area contributed by atoms with Crippen LogP contribution in [0.5, 0.6) is 0 Å². The quantitative estimate of drug-likeness (QED) is 0.585. The summed E-state index contributed by atoms with van der Waals surface area (Å²) in [5.74, 6) is -0.509. The number of rotatable bonds is 6. The molecule has 102 valence electrons. The summed E-state index contributed by atoms with van der Waals surface area (Å²) in [5.41, 5.74) is 0.490. The predicted octanol–water partition coefficient (Wildman–Crippen LogP) is 0.866. The summed E-state index contributed by atoms with van der Waals surface area (Å²) in [7, 11) is 1.30. The van der Waals surface area contributed by atoms with Crippen LogP contribution in [0.15, 0.2) is 4.79 Å². The van der Waals surface area contributed by atoms with Gasteiger partial charge >= 0.3 is 11.7 Å². The molecule has 0 radical (unpaired) electrons. The Labute approximate surface area is 107 Å². The Morgan fingerprint density at radius 2 is 1.72 bits per heavy atom. The smallest absolute Gasteiger partial charge is 0.356 e. The van der Waals surface area contributed by atoms with Crippen LogP contribution in [0.2, 0.25) is 0 Å². The number of carbonyl (C=O) groups is 1. The average Bonchev–Trinajstić information content (AvgIpc) is 2.76. The number of carbonyl (C=O) groups excluding carboxylic acids is 1. The van der Waals surface area contributed by atoms with Crippen LogP contribution < -0.4 is 5.69 Å². The third-order valence-electron chi connectivity index (χ3n) is 3.70. The van der Waals surface area contributed by atoms with E-state index in [0.29, 0.717) is 12.2 Å². The Balaban J connectivity index is 3.10. The largest absolute Gasteiger partial charge is 0.464 e. The molecule has 0 aliphatic carbocycles. The molecule has 1 heterocycles. The Bertz CT molecular complexity index is 449. The summed E-state index contributed by atoms with van der Waals surface area (Å²) >= 11 is 0. The lowest BCUT2D eigenvalue weighted by atomic mass is 10.2. The van der Waals surface area contributed by atoms with Crippen LogP contribution in [0.1, 0.15) is 37.0 Å². The maximum atomic E-state index is 11.6. The van der Waals surface area contributed by atoms with Crippen molar-refractivity contribution in [3.63, 3.8) is 0 Å². The fourth-order valence-electron chi connectivity index (χ4n) is 2.16. The Kier molecular flexibility index (Phi) is 4.72. The van der Waals surface area contributed by atoms with Crippen LogP contribution in [-0.2, 0) is 11.3 Å². The number of aromatic nitrogens is 2. The van der Waals surface area contributed by atoms with E-state index < -0.39 is 5.97 Å². The molecule has 0 amide bonds. The summed E-state index contributed by atoms with van der Waals surface area (Å²) < 4.78 is 5.49. The van der Waals surface area contributed by atoms with Crippen molar-refractivity contribution >= 4 is 5.97 Å². The predicted molar refractivity (Wildman–Crippen MR) is 68.3 cm³/mol. The zero-order valence-electron chi connectivity index (χ0n) is 11.5. The molecule has 0 aliphatic heterocycles. The van der Waals surface area contributed by atoms with Crippen molar-refractivity contribution in [3.8, 4) is 0 Å². The molecule has 0 saturated heterocycles. The first-order chi connectivity index (χ1) is 8.51. The molecule has 0 aliphatic rings. The molecule has 2 N–H and O–H groups in total. The summed E-state index contributed by atoms with van der Waals surface area (Å²) in [5, 5.41) is 0. The zero-order valence-corrected chi connectivity index (χ0v) is 11.5. The number of H-pyrrole nitrogens is 2. The van der Waals surface area contributed by atoms with E-state index in [1.165, 1.54) is 7.11 Å². The number of nitrogens with zero attached hydrogens (tertiary/aromatic N) is 1. The van der Waals surface area contributed by atoms with Crippen molar-refractivity contribution in [1.29, 1.82) is 0 Å². The van der Waals surface area contributed by atoms with Crippen molar-refractivity contribution in [2.75, 3.05) is 26.7 Å². The van der Waals surface area contributed by atoms with Gasteiger partial charge in [-0.2, -0.15) is 0 Å². The SMILES string of the molecule is CC[N+](CC)(CC)Cc1[nH]c(=O)[nH]c1C(=O)OC. The molecule has 1 rings (SSSR count). The first-order valence-electron chi connectivity index (χ1n) is 6.26. The fourth-order valence-corrected chi connectivity index (χ4v) is 2.16. The monoisotopic (exact) mass is 256 g/mol. The van der Waals surface area contributed by atoms with Crippen LogP contribution in [0.25, 0.3) is 0 Å². The third kappa shape index (κ3) is 2.81. The minimum absolute atomic E-state index is 0.236. The lowest BCUT2D eigenvalue weighted by molar-refractivity contribution is -0.936. The van der Waals surface area contributed by atoms with Gasteiger partial charge in [-0.3, -0.25) is 4.98 Å². The van der Waals surface area contributed by atoms with Crippen LogP contribution in [0.3, 0.4) is 0 Å². The number of methoxy groups -OCH3 is 1. The first-order valence-corrected chi connectivity index (χ1v) is 6.26. The molecule has 6 heteroatoms. The maximum absolute atomic E-state index is 11.6. The number of hydrogen-bond donors (Lipinski definition) is 2. The van der Waals surface area contributed by atoms with E-state index >= 15 is 0 Å². The van der Waals surface area contributed by atoms with Gasteiger partial charge in [0.1, 0.15) is 12.2 Å². The fraction of sp³-hybridized carbons (Fsp3) is 0.667. The first kappa shape index (κ1) is 14.5. The van der Waals surface area contributed by atoms with Gasteiger partial charge in [-0.1, -0.05) is 0 Å². The lowest BCUT2D eigenvalue weighted by Gasteiger charge is -2.35. The standard InChI is InChI=1S/C12H21N3O3/c1-5-15(6-2,7-3)8-9-10(11(16)18-4)14-12(17)13-9/h5-8H2,1-4H3,(H-,13,14,16,17)/p+1. The van der Waals surface area contributed by atoms with E-state index in [1.54, 1.807) is 0 Å². The Hall–Kier alpha value is -1.56. The van der Waals surface area contributed by atoms with Crippen molar-refractivity contribution in [3.05, 3.63) is 21.9 Å². The second kappa shape index (κ2) is 5.86. The number of quaternary nitrogens is 1. The van der Waals surface area contributed by atoms with Crippen molar-refractivity contribution in [2.24, 2.45) is 0 Å². The number of esters is 1. The summed E-state index contributed by atoms with van der Waals surface area (Å²) in [4.78, 5) is 28.1. The molecule has 0 spiro atoms. The normalized spacial score (nSPS) is 11.6. The van der Waals surface area contributed by atoms with E-state index in [-0.39, 0.29) is 11.4 Å². The molecular formula is C12H22N3O3+. The van der Waals surface area contributed by atoms with Gasteiger partial charge in [0.05, 0.1) is 26.7 Å². The molecule has 0 aromatic carbocycles. The van der Waals surface area contributed by atoms with Gasteiger partial charge in [0.2, 0.25) is 0 Å². The molecule has 0 fully saturated rings. The van der Waals surface area contributed by atoms with Gasteiger partial charge in [-0.15, -0.1) is 0 Å². The highest BCUT2D eigenvalue weighted by molar-refractivity contribution is 5.88. The van der Waals surface area contributed by atoms with E-state index in [2.05, 4.69) is 35.5 Å². The molecule has 1 aromatic heterocycles. The van der Waals surface area contributed by atoms with Gasteiger partial charge in [0, 0.05) is 0 Å². The van der Waals surface area contributed by atoms with Gasteiger partial charge in [0.25, 0.3) is 0 Å². The van der Waals surface area contributed by atoms with E-state index in [0.717, 1.165) is 24.1 Å². The zero-order chi connectivity index (χ0) is 13.8. The van der Waals surface area contributed by atoms with E-state index in [9.17, 15) is 9.59 Å². The van der Waals surface area contributed by atoms with Gasteiger partial charge in [-0.25, -0.2) is 9.59 Å². The van der Waals surface area contributed by atoms with Crippen LogP contribution in [0.4, 0.5) is 0 Å². The molecular weight excluding hydrogens is 234 g/mol. The number of aromatic amines is 2. The highest BCUT2D eigenvalue weighted by atomic mass is 16.5. The summed E-state index contributed by atoms with van der Waals surface area (Å²) in [6.45, 7) is 9.77. The molecule has 6 nitrogen and oxygen atoms in total. The Morgan fingerprint density at radius 1 is 1.17 bits per heavy atom. The molecule has 18 heavy (non-hydrogen) atoms. The van der Waals surface area contributed by atoms with Crippen LogP contribution >= 0.6 is 0 Å². The van der Waals surface area contributed by atoms with Crippen molar-refractivity contribution in [2.45, 2.75) is 27.3 Å². The van der Waals surface area contributed by atoms with Crippen LogP contribution in [0, 0.1) is 0 Å². The van der Waals surface area contributed by atoms with Crippen molar-refractivity contribution < 1.29 is 14.0 Å². The number of nitrogens with one attached hydrogen (secondary N) is 2. The summed E-state index contributed by atoms with van der Waals surface area (Å²) in [6.07, 6.45) is 0. The third-order valence-corrected chi connectivity index (χ3v) is 3.70. The van der Waals surface area contributed by atoms with E-state index in [1.807, 2.05) is 0 Å².